The summed E-state index contributed by atoms with van der Waals surface area (Å²) in [5, 5.41) is 0. The Kier molecular flexibility index (Phi) is 4.86. The van der Waals surface area contributed by atoms with Crippen LogP contribution in [0.25, 0.3) is 0 Å². The maximum atomic E-state index is 13.2. The van der Waals surface area contributed by atoms with E-state index in [9.17, 15) is 13.6 Å². The average molecular weight is 271 g/mol. The molecule has 5 heteroatoms. The maximum absolute atomic E-state index is 13.2. The number of likely N-dealkylation sites (N-methyl/N-ethyl adjacent to an activating group) is 1. The molecule has 0 saturated heterocycles. The molecular formula is C14H19F2NO2. The molecule has 1 aromatic carbocycles. The molecule has 0 aliphatic rings. The van der Waals surface area contributed by atoms with Gasteiger partial charge < -0.3 is 9.64 Å². The van der Waals surface area contributed by atoms with E-state index in [0.717, 1.165) is 12.1 Å². The van der Waals surface area contributed by atoms with Crippen LogP contribution in [-0.2, 0) is 9.53 Å². The van der Waals surface area contributed by atoms with Gasteiger partial charge in [-0.2, -0.15) is 0 Å². The van der Waals surface area contributed by atoms with Crippen LogP contribution < -0.4 is 4.90 Å². The number of esters is 1. The molecule has 1 aromatic rings. The summed E-state index contributed by atoms with van der Waals surface area (Å²) in [5.74, 6) is -2.24. The predicted octanol–water partition coefficient (Wildman–Crippen LogP) is 3.13. The Morgan fingerprint density at radius 1 is 1.26 bits per heavy atom. The fraction of sp³-hybridized carbons (Fsp3) is 0.500. The zero-order chi connectivity index (χ0) is 14.6. The molecule has 0 spiro atoms. The normalized spacial score (nSPS) is 11.3. The summed E-state index contributed by atoms with van der Waals surface area (Å²) in [6.07, 6.45) is 0. The topological polar surface area (TPSA) is 29.5 Å². The smallest absolute Gasteiger partial charge is 0.326 e. The molecule has 0 unspecified atom stereocenters. The van der Waals surface area contributed by atoms with Crippen molar-refractivity contribution in [3.8, 4) is 0 Å². The number of anilines is 1. The van der Waals surface area contributed by atoms with Gasteiger partial charge in [0.1, 0.15) is 12.1 Å². The van der Waals surface area contributed by atoms with Gasteiger partial charge in [-0.15, -0.1) is 0 Å². The van der Waals surface area contributed by atoms with E-state index in [1.165, 1.54) is 6.07 Å². The Bertz CT molecular complexity index is 455. The zero-order valence-electron chi connectivity index (χ0n) is 11.7. The van der Waals surface area contributed by atoms with Gasteiger partial charge in [0.25, 0.3) is 0 Å². The molecule has 0 saturated carbocycles. The number of nitrogens with zero attached hydrogens (tertiary/aromatic N) is 1. The van der Waals surface area contributed by atoms with Crippen LogP contribution in [0.3, 0.4) is 0 Å². The first-order valence-corrected chi connectivity index (χ1v) is 6.15. The lowest BCUT2D eigenvalue weighted by Crippen LogP contribution is -2.35. The van der Waals surface area contributed by atoms with Crippen LogP contribution in [0.4, 0.5) is 14.5 Å². The predicted molar refractivity (Wildman–Crippen MR) is 70.1 cm³/mol. The van der Waals surface area contributed by atoms with Gasteiger partial charge in [0, 0.05) is 18.3 Å². The van der Waals surface area contributed by atoms with E-state index in [0.29, 0.717) is 12.2 Å². The van der Waals surface area contributed by atoms with Crippen LogP contribution in [0.2, 0.25) is 0 Å². The number of halogens is 2. The van der Waals surface area contributed by atoms with E-state index in [1.807, 2.05) is 6.92 Å². The van der Waals surface area contributed by atoms with E-state index in [1.54, 1.807) is 25.7 Å². The molecule has 0 radical (unpaired) electrons. The summed E-state index contributed by atoms with van der Waals surface area (Å²) in [7, 11) is 0. The number of ether oxygens (including phenoxy) is 1. The summed E-state index contributed by atoms with van der Waals surface area (Å²) in [5.41, 5.74) is -0.114. The van der Waals surface area contributed by atoms with Crippen molar-refractivity contribution in [1.29, 1.82) is 0 Å². The van der Waals surface area contributed by atoms with Crippen molar-refractivity contribution < 1.29 is 18.3 Å². The van der Waals surface area contributed by atoms with Gasteiger partial charge in [0.2, 0.25) is 0 Å². The molecular weight excluding hydrogens is 252 g/mol. The minimum Gasteiger partial charge on any atom is -0.459 e. The summed E-state index contributed by atoms with van der Waals surface area (Å²) in [4.78, 5) is 13.3. The highest BCUT2D eigenvalue weighted by molar-refractivity contribution is 5.76. The summed E-state index contributed by atoms with van der Waals surface area (Å²) in [6, 6.07) is 3.55. The van der Waals surface area contributed by atoms with Gasteiger partial charge >= 0.3 is 5.97 Å². The van der Waals surface area contributed by atoms with Gasteiger partial charge in [-0.25, -0.2) is 8.78 Å². The molecule has 0 N–H and O–H groups in total. The molecule has 19 heavy (non-hydrogen) atoms. The largest absolute Gasteiger partial charge is 0.459 e. The molecule has 0 amide bonds. The summed E-state index contributed by atoms with van der Waals surface area (Å²) in [6.45, 7) is 7.64. The van der Waals surface area contributed by atoms with Gasteiger partial charge in [-0.1, -0.05) is 0 Å². The van der Waals surface area contributed by atoms with Crippen molar-refractivity contribution in [2.75, 3.05) is 18.0 Å². The van der Waals surface area contributed by atoms with E-state index in [-0.39, 0.29) is 6.54 Å². The van der Waals surface area contributed by atoms with Crippen LogP contribution >= 0.6 is 0 Å². The molecule has 0 aromatic heterocycles. The number of hydrogen-bond acceptors (Lipinski definition) is 3. The van der Waals surface area contributed by atoms with Crippen molar-refractivity contribution in [1.82, 2.24) is 0 Å². The lowest BCUT2D eigenvalue weighted by molar-refractivity contribution is -0.153. The van der Waals surface area contributed by atoms with Gasteiger partial charge in [-0.05, 0) is 39.8 Å². The molecule has 106 valence electrons. The van der Waals surface area contributed by atoms with E-state index < -0.39 is 23.2 Å². The van der Waals surface area contributed by atoms with Crippen molar-refractivity contribution >= 4 is 11.7 Å². The SMILES string of the molecule is CCN(CC(=O)OC(C)(C)C)c1ccc(F)c(F)c1. The molecule has 0 atom stereocenters. The zero-order valence-corrected chi connectivity index (χ0v) is 11.7. The third kappa shape index (κ3) is 4.85. The lowest BCUT2D eigenvalue weighted by Gasteiger charge is -2.25. The molecule has 0 bridgehead atoms. The third-order valence-corrected chi connectivity index (χ3v) is 2.39. The quantitative estimate of drug-likeness (QED) is 0.788. The number of benzene rings is 1. The molecule has 0 aliphatic carbocycles. The van der Waals surface area contributed by atoms with Gasteiger partial charge in [0.05, 0.1) is 0 Å². The third-order valence-electron chi connectivity index (χ3n) is 2.39. The minimum absolute atomic E-state index is 0.00115. The van der Waals surface area contributed by atoms with Gasteiger partial charge in [-0.3, -0.25) is 4.79 Å². The Balaban J connectivity index is 2.78. The average Bonchev–Trinajstić information content (AvgIpc) is 2.27. The van der Waals surface area contributed by atoms with Crippen molar-refractivity contribution in [3.05, 3.63) is 29.8 Å². The van der Waals surface area contributed by atoms with Crippen LogP contribution in [-0.4, -0.2) is 24.7 Å². The number of carbonyl (C=O) groups is 1. The second kappa shape index (κ2) is 5.99. The number of hydrogen-bond donors (Lipinski definition) is 0. The fourth-order valence-electron chi connectivity index (χ4n) is 1.60. The molecule has 1 rings (SSSR count). The number of rotatable bonds is 4. The number of carbonyl (C=O) groups excluding carboxylic acids is 1. The summed E-state index contributed by atoms with van der Waals surface area (Å²) >= 11 is 0. The van der Waals surface area contributed by atoms with Crippen molar-refractivity contribution in [3.63, 3.8) is 0 Å². The first-order valence-electron chi connectivity index (χ1n) is 6.15. The van der Waals surface area contributed by atoms with E-state index in [2.05, 4.69) is 0 Å². The first kappa shape index (κ1) is 15.4. The highest BCUT2D eigenvalue weighted by Gasteiger charge is 2.19. The second-order valence-corrected chi connectivity index (χ2v) is 5.20. The monoisotopic (exact) mass is 271 g/mol. The molecule has 0 heterocycles. The second-order valence-electron chi connectivity index (χ2n) is 5.20. The Hall–Kier alpha value is -1.65. The van der Waals surface area contributed by atoms with Crippen LogP contribution in [0.5, 0.6) is 0 Å². The highest BCUT2D eigenvalue weighted by Crippen LogP contribution is 2.18. The summed E-state index contributed by atoms with van der Waals surface area (Å²) < 4.78 is 31.2. The highest BCUT2D eigenvalue weighted by atomic mass is 19.2. The van der Waals surface area contributed by atoms with Crippen molar-refractivity contribution in [2.45, 2.75) is 33.3 Å². The van der Waals surface area contributed by atoms with E-state index in [4.69, 9.17) is 4.74 Å². The minimum atomic E-state index is -0.930. The first-order chi connectivity index (χ1) is 8.73. The molecule has 0 aliphatic heterocycles. The lowest BCUT2D eigenvalue weighted by atomic mass is 10.2. The standard InChI is InChI=1S/C14H19F2NO2/c1-5-17(9-13(18)19-14(2,3)4)10-6-7-11(15)12(16)8-10/h6-8H,5,9H2,1-4H3. The maximum Gasteiger partial charge on any atom is 0.326 e. The van der Waals surface area contributed by atoms with Crippen LogP contribution in [0.15, 0.2) is 18.2 Å². The van der Waals surface area contributed by atoms with Crippen LogP contribution in [0, 0.1) is 11.6 Å². The molecule has 0 fully saturated rings. The van der Waals surface area contributed by atoms with Gasteiger partial charge in [0.15, 0.2) is 11.6 Å². The fourth-order valence-corrected chi connectivity index (χ4v) is 1.60. The Morgan fingerprint density at radius 2 is 1.89 bits per heavy atom. The van der Waals surface area contributed by atoms with Crippen LogP contribution in [0.1, 0.15) is 27.7 Å². The Labute approximate surface area is 112 Å². The van der Waals surface area contributed by atoms with E-state index >= 15 is 0 Å². The molecule has 3 nitrogen and oxygen atoms in total. The Morgan fingerprint density at radius 3 is 2.37 bits per heavy atom. The van der Waals surface area contributed by atoms with Crippen molar-refractivity contribution in [2.24, 2.45) is 0 Å².